The van der Waals surface area contributed by atoms with Crippen LogP contribution in [0.15, 0.2) is 18.7 Å². The van der Waals surface area contributed by atoms with Crippen molar-refractivity contribution in [3.05, 3.63) is 40.7 Å². The van der Waals surface area contributed by atoms with Gasteiger partial charge in [0.2, 0.25) is 0 Å². The summed E-state index contributed by atoms with van der Waals surface area (Å²) in [4.78, 5) is 31.3. The highest BCUT2D eigenvalue weighted by Crippen LogP contribution is 2.32. The molecule has 2 heterocycles. The molecule has 2 aromatic rings. The van der Waals surface area contributed by atoms with Crippen LogP contribution in [0.5, 0.6) is 0 Å². The number of carboxylic acid groups (broad SMARTS) is 1. The summed E-state index contributed by atoms with van der Waals surface area (Å²) in [7, 11) is 1.55. The second-order valence-electron chi connectivity index (χ2n) is 5.62. The maximum Gasteiger partial charge on any atom is 0.356 e. The third kappa shape index (κ3) is 2.96. The predicted molar refractivity (Wildman–Crippen MR) is 90.8 cm³/mol. The molecule has 0 bridgehead atoms. The van der Waals surface area contributed by atoms with E-state index in [1.807, 2.05) is 0 Å². The number of aromatic carboxylic acids is 1. The summed E-state index contributed by atoms with van der Waals surface area (Å²) in [6.07, 6.45) is 5.84. The summed E-state index contributed by atoms with van der Waals surface area (Å²) in [5, 5.41) is 13.5. The smallest absolute Gasteiger partial charge is 0.356 e. The number of rotatable bonds is 5. The second-order valence-corrected chi connectivity index (χ2v) is 6.68. The van der Waals surface area contributed by atoms with Crippen molar-refractivity contribution >= 4 is 28.3 Å². The van der Waals surface area contributed by atoms with Gasteiger partial charge in [0, 0.05) is 24.5 Å². The number of nitrogens with zero attached hydrogens (tertiary/aromatic N) is 4. The van der Waals surface area contributed by atoms with Gasteiger partial charge in [-0.2, -0.15) is 5.10 Å². The molecule has 0 aliphatic heterocycles. The van der Waals surface area contributed by atoms with Crippen LogP contribution >= 0.6 is 11.3 Å². The third-order valence-electron chi connectivity index (χ3n) is 3.94. The Hall–Kier alpha value is -2.48. The van der Waals surface area contributed by atoms with Crippen molar-refractivity contribution in [3.8, 4) is 0 Å². The number of fused-ring (bicyclic) bond motifs is 1. The Balaban J connectivity index is 1.95. The van der Waals surface area contributed by atoms with Gasteiger partial charge >= 0.3 is 5.97 Å². The van der Waals surface area contributed by atoms with Gasteiger partial charge in [-0.05, 0) is 25.7 Å². The van der Waals surface area contributed by atoms with E-state index in [9.17, 15) is 9.59 Å². The van der Waals surface area contributed by atoms with Crippen LogP contribution in [-0.4, -0.2) is 38.3 Å². The van der Waals surface area contributed by atoms with E-state index in [1.54, 1.807) is 13.1 Å². The van der Waals surface area contributed by atoms with Crippen LogP contribution in [-0.2, 0) is 19.9 Å². The van der Waals surface area contributed by atoms with Crippen molar-refractivity contribution < 1.29 is 14.7 Å². The largest absolute Gasteiger partial charge is 0.476 e. The van der Waals surface area contributed by atoms with E-state index >= 15 is 0 Å². The van der Waals surface area contributed by atoms with Gasteiger partial charge in [-0.1, -0.05) is 6.08 Å². The summed E-state index contributed by atoms with van der Waals surface area (Å²) < 4.78 is 1.29. The van der Waals surface area contributed by atoms with E-state index < -0.39 is 5.97 Å². The lowest BCUT2D eigenvalue weighted by molar-refractivity contribution is 0.0689. The first-order valence-corrected chi connectivity index (χ1v) is 8.51. The van der Waals surface area contributed by atoms with E-state index in [2.05, 4.69) is 16.7 Å². The number of carbonyl (C=O) groups excluding carboxylic acids is 1. The van der Waals surface area contributed by atoms with Crippen LogP contribution in [0.25, 0.3) is 0 Å². The maximum atomic E-state index is 12.9. The van der Waals surface area contributed by atoms with E-state index in [4.69, 9.17) is 5.11 Å². The molecule has 1 amide bonds. The van der Waals surface area contributed by atoms with Gasteiger partial charge in [-0.15, -0.1) is 17.9 Å². The van der Waals surface area contributed by atoms with Crippen molar-refractivity contribution in [1.29, 1.82) is 0 Å². The number of hydrogen-bond donors (Lipinski definition) is 1. The average Bonchev–Trinajstić information content (AvgIpc) is 3.15. The number of aromatic nitrogens is 3. The maximum absolute atomic E-state index is 12.9. The zero-order valence-corrected chi connectivity index (χ0v) is 14.2. The second kappa shape index (κ2) is 6.56. The van der Waals surface area contributed by atoms with Crippen molar-refractivity contribution in [1.82, 2.24) is 14.8 Å². The van der Waals surface area contributed by atoms with Crippen LogP contribution in [0.2, 0.25) is 0 Å². The Labute approximate surface area is 143 Å². The lowest BCUT2D eigenvalue weighted by Gasteiger charge is -2.17. The molecule has 2 aromatic heterocycles. The highest BCUT2D eigenvalue weighted by atomic mass is 32.1. The minimum absolute atomic E-state index is 0.155. The standard InChI is InChI=1S/C16H18N4O3S/c1-3-8-20(16-17-10-6-4-5-7-13(10)24-16)14(21)12-9-11(15(22)23)18-19(12)2/h3,9H,1,4-8H2,2H3,(H,22,23). The van der Waals surface area contributed by atoms with E-state index in [1.165, 1.54) is 31.9 Å². The van der Waals surface area contributed by atoms with Crippen molar-refractivity contribution in [2.75, 3.05) is 11.4 Å². The summed E-state index contributed by atoms with van der Waals surface area (Å²) >= 11 is 1.53. The number of anilines is 1. The van der Waals surface area contributed by atoms with Crippen molar-refractivity contribution in [2.45, 2.75) is 25.7 Å². The third-order valence-corrected chi connectivity index (χ3v) is 5.12. The SMILES string of the molecule is C=CCN(C(=O)c1cc(C(=O)O)nn1C)c1nc2c(s1)CCCC2. The van der Waals surface area contributed by atoms with Gasteiger partial charge in [0.1, 0.15) is 5.69 Å². The zero-order chi connectivity index (χ0) is 17.3. The lowest BCUT2D eigenvalue weighted by Crippen LogP contribution is -2.32. The Morgan fingerprint density at radius 3 is 2.83 bits per heavy atom. The fourth-order valence-corrected chi connectivity index (χ4v) is 3.90. The number of amides is 1. The molecule has 1 aliphatic carbocycles. The molecule has 126 valence electrons. The number of carbonyl (C=O) groups is 2. The molecule has 0 atom stereocenters. The van der Waals surface area contributed by atoms with Gasteiger partial charge in [-0.25, -0.2) is 9.78 Å². The molecule has 7 nitrogen and oxygen atoms in total. The number of hydrogen-bond acceptors (Lipinski definition) is 5. The summed E-state index contributed by atoms with van der Waals surface area (Å²) in [6.45, 7) is 4.01. The van der Waals surface area contributed by atoms with Gasteiger partial charge < -0.3 is 5.11 Å². The van der Waals surface area contributed by atoms with Gasteiger partial charge in [0.05, 0.1) is 5.69 Å². The molecule has 0 saturated carbocycles. The average molecular weight is 346 g/mol. The van der Waals surface area contributed by atoms with Crippen LogP contribution in [0.1, 0.15) is 44.4 Å². The highest BCUT2D eigenvalue weighted by Gasteiger charge is 2.26. The van der Waals surface area contributed by atoms with Gasteiger partial charge in [0.25, 0.3) is 5.91 Å². The minimum atomic E-state index is -1.16. The number of thiazole rings is 1. The zero-order valence-electron chi connectivity index (χ0n) is 13.4. The predicted octanol–water partition coefficient (Wildman–Crippen LogP) is 2.29. The molecule has 1 aliphatic rings. The Kier molecular flexibility index (Phi) is 4.48. The minimum Gasteiger partial charge on any atom is -0.476 e. The fraction of sp³-hybridized carbons (Fsp3) is 0.375. The molecule has 0 aromatic carbocycles. The van der Waals surface area contributed by atoms with Gasteiger partial charge in [-0.3, -0.25) is 14.4 Å². The monoisotopic (exact) mass is 346 g/mol. The molecule has 24 heavy (non-hydrogen) atoms. The molecule has 0 unspecified atom stereocenters. The Bertz CT molecular complexity index is 785. The summed E-state index contributed by atoms with van der Waals surface area (Å²) in [5.41, 5.74) is 1.12. The molecule has 8 heteroatoms. The molecule has 3 rings (SSSR count). The molecule has 0 fully saturated rings. The van der Waals surface area contributed by atoms with Crippen molar-refractivity contribution in [3.63, 3.8) is 0 Å². The van der Waals surface area contributed by atoms with Crippen LogP contribution < -0.4 is 4.90 Å². The van der Waals surface area contributed by atoms with E-state index in [0.717, 1.165) is 31.4 Å². The Morgan fingerprint density at radius 2 is 2.21 bits per heavy atom. The first-order chi connectivity index (χ1) is 11.5. The molecule has 0 radical (unpaired) electrons. The molecular formula is C16H18N4O3S. The quantitative estimate of drug-likeness (QED) is 0.839. The molecular weight excluding hydrogens is 328 g/mol. The lowest BCUT2D eigenvalue weighted by atomic mass is 10.0. The van der Waals surface area contributed by atoms with Crippen LogP contribution in [0.3, 0.4) is 0 Å². The summed E-state index contributed by atoms with van der Waals surface area (Å²) in [5.74, 6) is -1.49. The number of carboxylic acids is 1. The molecule has 0 saturated heterocycles. The number of aryl methyl sites for hydroxylation is 3. The van der Waals surface area contributed by atoms with Crippen LogP contribution in [0.4, 0.5) is 5.13 Å². The first-order valence-electron chi connectivity index (χ1n) is 7.70. The van der Waals surface area contributed by atoms with E-state index in [-0.39, 0.29) is 17.3 Å². The normalized spacial score (nSPS) is 13.4. The Morgan fingerprint density at radius 1 is 1.46 bits per heavy atom. The molecule has 0 spiro atoms. The first kappa shape index (κ1) is 16.4. The molecule has 1 N–H and O–H groups in total. The van der Waals surface area contributed by atoms with Gasteiger partial charge in [0.15, 0.2) is 10.8 Å². The van der Waals surface area contributed by atoms with E-state index in [0.29, 0.717) is 11.7 Å². The van der Waals surface area contributed by atoms with Crippen LogP contribution in [0, 0.1) is 0 Å². The van der Waals surface area contributed by atoms with Crippen molar-refractivity contribution in [2.24, 2.45) is 7.05 Å². The summed E-state index contributed by atoms with van der Waals surface area (Å²) in [6, 6.07) is 1.29. The topological polar surface area (TPSA) is 88.3 Å². The fourth-order valence-electron chi connectivity index (χ4n) is 2.74. The highest BCUT2D eigenvalue weighted by molar-refractivity contribution is 7.16.